The summed E-state index contributed by atoms with van der Waals surface area (Å²) in [6, 6.07) is 1.45. The van der Waals surface area contributed by atoms with Gasteiger partial charge in [0.15, 0.2) is 11.2 Å². The summed E-state index contributed by atoms with van der Waals surface area (Å²) in [5.41, 5.74) is 0.355. The number of hydrogen-bond acceptors (Lipinski definition) is 7. The van der Waals surface area contributed by atoms with Crippen LogP contribution in [0, 0.1) is 6.92 Å². The molecule has 1 N–H and O–H groups in total. The standard InChI is InChI=1S/C11H9N5O4/c1-5-7(11(18)20-2)9-13-12-8-6(16(9)14-5)3-4-15(19)10(8)17/h3-4,19H,1-2H3. The highest BCUT2D eigenvalue weighted by Crippen LogP contribution is 2.17. The molecule has 0 unspecified atom stereocenters. The molecule has 3 rings (SSSR count). The monoisotopic (exact) mass is 275 g/mol. The second kappa shape index (κ2) is 4.02. The van der Waals surface area contributed by atoms with Gasteiger partial charge < -0.3 is 9.94 Å². The first kappa shape index (κ1) is 12.1. The zero-order chi connectivity index (χ0) is 14.4. The van der Waals surface area contributed by atoms with Gasteiger partial charge in [-0.3, -0.25) is 4.79 Å². The maximum Gasteiger partial charge on any atom is 0.343 e. The van der Waals surface area contributed by atoms with Crippen LogP contribution in [0.4, 0.5) is 0 Å². The van der Waals surface area contributed by atoms with Gasteiger partial charge in [0.1, 0.15) is 11.1 Å². The van der Waals surface area contributed by atoms with Gasteiger partial charge >= 0.3 is 11.5 Å². The fourth-order valence-corrected chi connectivity index (χ4v) is 1.98. The first-order valence-corrected chi connectivity index (χ1v) is 5.59. The molecule has 0 saturated heterocycles. The molecule has 0 saturated carbocycles. The van der Waals surface area contributed by atoms with Gasteiger partial charge in [-0.2, -0.15) is 9.83 Å². The second-order valence-corrected chi connectivity index (χ2v) is 4.09. The third-order valence-electron chi connectivity index (χ3n) is 2.93. The van der Waals surface area contributed by atoms with E-state index in [1.807, 2.05) is 0 Å². The van der Waals surface area contributed by atoms with E-state index in [0.717, 1.165) is 0 Å². The minimum absolute atomic E-state index is 0.0542. The second-order valence-electron chi connectivity index (χ2n) is 4.09. The van der Waals surface area contributed by atoms with Crippen LogP contribution in [0.1, 0.15) is 16.1 Å². The number of hydrogen-bond donors (Lipinski definition) is 1. The number of esters is 1. The number of ether oxygens (including phenoxy) is 1. The Labute approximate surface area is 111 Å². The van der Waals surface area contributed by atoms with Crippen molar-refractivity contribution in [2.45, 2.75) is 6.92 Å². The molecule has 0 aromatic carbocycles. The summed E-state index contributed by atoms with van der Waals surface area (Å²) in [6.07, 6.45) is 1.17. The normalized spacial score (nSPS) is 11.1. The van der Waals surface area contributed by atoms with Crippen LogP contribution in [0.5, 0.6) is 0 Å². The molecule has 0 radical (unpaired) electrons. The van der Waals surface area contributed by atoms with E-state index in [1.54, 1.807) is 6.92 Å². The molecule has 0 fully saturated rings. The van der Waals surface area contributed by atoms with Crippen molar-refractivity contribution in [1.29, 1.82) is 0 Å². The predicted molar refractivity (Wildman–Crippen MR) is 65.8 cm³/mol. The van der Waals surface area contributed by atoms with Gasteiger partial charge in [-0.15, -0.1) is 10.2 Å². The van der Waals surface area contributed by atoms with Gasteiger partial charge in [0.05, 0.1) is 12.8 Å². The van der Waals surface area contributed by atoms with Crippen molar-refractivity contribution in [2.24, 2.45) is 0 Å². The fraction of sp³-hybridized carbons (Fsp3) is 0.182. The summed E-state index contributed by atoms with van der Waals surface area (Å²) in [7, 11) is 1.25. The van der Waals surface area contributed by atoms with Gasteiger partial charge in [-0.25, -0.2) is 9.31 Å². The number of aryl methyl sites for hydroxylation is 1. The van der Waals surface area contributed by atoms with E-state index in [-0.39, 0.29) is 16.7 Å². The topological polar surface area (TPSA) is 112 Å². The van der Waals surface area contributed by atoms with Crippen LogP contribution in [0.2, 0.25) is 0 Å². The van der Waals surface area contributed by atoms with Crippen LogP contribution in [-0.4, -0.2) is 42.8 Å². The molecule has 0 aliphatic heterocycles. The highest BCUT2D eigenvalue weighted by Gasteiger charge is 2.21. The van der Waals surface area contributed by atoms with Crippen molar-refractivity contribution in [3.63, 3.8) is 0 Å². The van der Waals surface area contributed by atoms with Crippen LogP contribution in [0.3, 0.4) is 0 Å². The lowest BCUT2D eigenvalue weighted by molar-refractivity contribution is 0.0602. The Morgan fingerprint density at radius 1 is 1.40 bits per heavy atom. The Bertz CT molecular complexity index is 910. The Balaban J connectivity index is 2.49. The average molecular weight is 275 g/mol. The zero-order valence-electron chi connectivity index (χ0n) is 10.6. The average Bonchev–Trinajstić information content (AvgIpc) is 2.78. The quantitative estimate of drug-likeness (QED) is 0.482. The summed E-state index contributed by atoms with van der Waals surface area (Å²) in [5, 5.41) is 21.0. The molecule has 20 heavy (non-hydrogen) atoms. The van der Waals surface area contributed by atoms with Crippen molar-refractivity contribution in [2.75, 3.05) is 7.11 Å². The number of methoxy groups -OCH3 is 1. The van der Waals surface area contributed by atoms with E-state index in [0.29, 0.717) is 15.9 Å². The minimum atomic E-state index is -0.718. The molecule has 0 bridgehead atoms. The first-order valence-electron chi connectivity index (χ1n) is 5.59. The lowest BCUT2D eigenvalue weighted by Gasteiger charge is -2.01. The molecule has 9 nitrogen and oxygen atoms in total. The van der Waals surface area contributed by atoms with E-state index >= 15 is 0 Å². The van der Waals surface area contributed by atoms with E-state index < -0.39 is 11.5 Å². The Kier molecular flexibility index (Phi) is 2.43. The van der Waals surface area contributed by atoms with Crippen LogP contribution >= 0.6 is 0 Å². The molecule has 0 aliphatic carbocycles. The lowest BCUT2D eigenvalue weighted by Crippen LogP contribution is -2.19. The lowest BCUT2D eigenvalue weighted by atomic mass is 10.2. The van der Waals surface area contributed by atoms with Crippen LogP contribution in [0.15, 0.2) is 17.1 Å². The first-order chi connectivity index (χ1) is 9.54. The van der Waals surface area contributed by atoms with Crippen LogP contribution in [-0.2, 0) is 4.74 Å². The van der Waals surface area contributed by atoms with Crippen molar-refractivity contribution in [3.05, 3.63) is 33.9 Å². The third-order valence-corrected chi connectivity index (χ3v) is 2.93. The SMILES string of the molecule is COC(=O)c1c(C)nn2c1nnc1c(=O)n(O)ccc12. The number of nitrogens with zero attached hydrogens (tertiary/aromatic N) is 5. The van der Waals surface area contributed by atoms with Gasteiger partial charge in [0, 0.05) is 6.20 Å². The number of pyridine rings is 1. The summed E-state index contributed by atoms with van der Waals surface area (Å²) >= 11 is 0. The zero-order valence-corrected chi connectivity index (χ0v) is 10.6. The Morgan fingerprint density at radius 2 is 2.15 bits per heavy atom. The number of rotatable bonds is 1. The van der Waals surface area contributed by atoms with Crippen LogP contribution < -0.4 is 5.56 Å². The van der Waals surface area contributed by atoms with Crippen LogP contribution in [0.25, 0.3) is 16.7 Å². The smallest absolute Gasteiger partial charge is 0.343 e. The van der Waals surface area contributed by atoms with Gasteiger partial charge in [-0.1, -0.05) is 0 Å². The van der Waals surface area contributed by atoms with E-state index in [4.69, 9.17) is 0 Å². The Hall–Kier alpha value is -2.97. The number of aromatic nitrogens is 5. The maximum atomic E-state index is 11.7. The Morgan fingerprint density at radius 3 is 2.85 bits per heavy atom. The summed E-state index contributed by atoms with van der Waals surface area (Å²) in [4.78, 5) is 23.4. The predicted octanol–water partition coefficient (Wildman–Crippen LogP) is -0.228. The molecule has 0 spiro atoms. The number of fused-ring (bicyclic) bond motifs is 3. The van der Waals surface area contributed by atoms with Crippen molar-refractivity contribution in [1.82, 2.24) is 24.5 Å². The van der Waals surface area contributed by atoms with Gasteiger partial charge in [0.2, 0.25) is 0 Å². The third kappa shape index (κ3) is 1.46. The van der Waals surface area contributed by atoms with Gasteiger partial charge in [0.25, 0.3) is 0 Å². The number of carbonyl (C=O) groups excluding carboxylic acids is 1. The van der Waals surface area contributed by atoms with E-state index in [9.17, 15) is 14.8 Å². The summed E-state index contributed by atoms with van der Waals surface area (Å²) < 4.78 is 6.40. The van der Waals surface area contributed by atoms with Crippen molar-refractivity contribution < 1.29 is 14.7 Å². The minimum Gasteiger partial charge on any atom is -0.465 e. The maximum absolute atomic E-state index is 11.7. The molecule has 0 aliphatic rings. The molecule has 0 atom stereocenters. The molecular formula is C11H9N5O4. The molecule has 0 amide bonds. The van der Waals surface area contributed by atoms with E-state index in [1.165, 1.54) is 23.9 Å². The molecular weight excluding hydrogens is 266 g/mol. The highest BCUT2D eigenvalue weighted by molar-refractivity contribution is 5.97. The molecule has 3 aromatic heterocycles. The van der Waals surface area contributed by atoms with Crippen molar-refractivity contribution >= 4 is 22.6 Å². The van der Waals surface area contributed by atoms with Crippen molar-refractivity contribution in [3.8, 4) is 0 Å². The molecule has 3 heterocycles. The molecule has 102 valence electrons. The van der Waals surface area contributed by atoms with E-state index in [2.05, 4.69) is 20.0 Å². The molecule has 3 aromatic rings. The fourth-order valence-electron chi connectivity index (χ4n) is 1.98. The molecule has 9 heteroatoms. The number of carbonyl (C=O) groups is 1. The largest absolute Gasteiger partial charge is 0.465 e. The highest BCUT2D eigenvalue weighted by atomic mass is 16.5. The summed E-state index contributed by atoms with van der Waals surface area (Å²) in [5.74, 6) is -0.582. The van der Waals surface area contributed by atoms with Gasteiger partial charge in [-0.05, 0) is 13.0 Å². The summed E-state index contributed by atoms with van der Waals surface area (Å²) in [6.45, 7) is 1.63.